The third-order valence-corrected chi connectivity index (χ3v) is 6.76. The molecule has 2 aromatic rings. The van der Waals surface area contributed by atoms with Crippen LogP contribution in [0.5, 0.6) is 0 Å². The Kier molecular flexibility index (Phi) is 6.07. The smallest absolute Gasteiger partial charge is 0.271 e. The predicted molar refractivity (Wildman–Crippen MR) is 99.1 cm³/mol. The van der Waals surface area contributed by atoms with Gasteiger partial charge in [-0.15, -0.1) is 11.3 Å². The van der Waals surface area contributed by atoms with Crippen LogP contribution in [0.2, 0.25) is 0 Å². The lowest BCUT2D eigenvalue weighted by Gasteiger charge is -2.19. The lowest BCUT2D eigenvalue weighted by Crippen LogP contribution is -2.18. The average Bonchev–Trinajstić information content (AvgIpc) is 3.03. The highest BCUT2D eigenvalue weighted by atomic mass is 32.2. The zero-order chi connectivity index (χ0) is 16.9. The van der Waals surface area contributed by atoms with Crippen molar-refractivity contribution < 1.29 is 8.42 Å². The molecule has 0 radical (unpaired) electrons. The van der Waals surface area contributed by atoms with Crippen molar-refractivity contribution >= 4 is 32.7 Å². The molecule has 1 aromatic carbocycles. The molecule has 6 heteroatoms. The summed E-state index contributed by atoms with van der Waals surface area (Å²) in [5.74, 6) is 0. The second-order valence-corrected chi connectivity index (χ2v) is 8.58. The summed E-state index contributed by atoms with van der Waals surface area (Å²) in [7, 11) is -1.45. The number of aryl methyl sites for hydroxylation is 1. The molecule has 4 nitrogen and oxygen atoms in total. The first-order valence-corrected chi connectivity index (χ1v) is 10.2. The van der Waals surface area contributed by atoms with Crippen molar-refractivity contribution in [3.05, 3.63) is 41.3 Å². The highest BCUT2D eigenvalue weighted by Gasteiger charge is 2.16. The van der Waals surface area contributed by atoms with Gasteiger partial charge in [-0.2, -0.15) is 0 Å². The molecule has 0 aliphatic rings. The number of hydrogen-bond acceptors (Lipinski definition) is 4. The Labute approximate surface area is 143 Å². The van der Waals surface area contributed by atoms with E-state index >= 15 is 0 Å². The van der Waals surface area contributed by atoms with E-state index in [-0.39, 0.29) is 0 Å². The Morgan fingerprint density at radius 1 is 1.09 bits per heavy atom. The van der Waals surface area contributed by atoms with Gasteiger partial charge in [-0.1, -0.05) is 20.3 Å². The number of thiophene rings is 1. The van der Waals surface area contributed by atoms with Gasteiger partial charge in [0.05, 0.1) is 0 Å². The molecule has 0 aliphatic carbocycles. The minimum atomic E-state index is -3.49. The predicted octanol–water partition coefficient (Wildman–Crippen LogP) is 4.35. The Morgan fingerprint density at radius 2 is 1.78 bits per heavy atom. The van der Waals surface area contributed by atoms with Crippen molar-refractivity contribution in [2.24, 2.45) is 0 Å². The van der Waals surface area contributed by atoms with Crippen LogP contribution in [-0.2, 0) is 16.4 Å². The molecular formula is C17H24N2O2S2. The molecule has 0 aliphatic heterocycles. The highest BCUT2D eigenvalue weighted by molar-refractivity contribution is 7.94. The van der Waals surface area contributed by atoms with E-state index in [1.54, 1.807) is 6.07 Å². The third kappa shape index (κ3) is 4.72. The maximum Gasteiger partial charge on any atom is 0.271 e. The van der Waals surface area contributed by atoms with Crippen LogP contribution in [0.1, 0.15) is 31.6 Å². The number of benzene rings is 1. The summed E-state index contributed by atoms with van der Waals surface area (Å²) >= 11 is 1.32. The standard InChI is InChI=1S/C17H24N2O2S2/c1-4-6-13-19(3)15-9-7-14(8-10-15)18-23(20,21)17-12-11-16(5-2)22-17/h7-12,18H,4-6,13H2,1-3H3. The fourth-order valence-electron chi connectivity index (χ4n) is 2.21. The molecule has 2 rings (SSSR count). The van der Waals surface area contributed by atoms with Crippen LogP contribution in [-0.4, -0.2) is 22.0 Å². The van der Waals surface area contributed by atoms with Crippen LogP contribution in [0, 0.1) is 0 Å². The first kappa shape index (κ1) is 17.8. The summed E-state index contributed by atoms with van der Waals surface area (Å²) in [4.78, 5) is 3.24. The number of nitrogens with one attached hydrogen (secondary N) is 1. The molecule has 0 unspecified atom stereocenters. The van der Waals surface area contributed by atoms with Gasteiger partial charge in [0.1, 0.15) is 4.21 Å². The van der Waals surface area contributed by atoms with E-state index < -0.39 is 10.0 Å². The number of sulfonamides is 1. The van der Waals surface area contributed by atoms with Crippen LogP contribution in [0.15, 0.2) is 40.6 Å². The van der Waals surface area contributed by atoms with Crippen molar-refractivity contribution in [1.82, 2.24) is 0 Å². The third-order valence-electron chi connectivity index (χ3n) is 3.66. The van der Waals surface area contributed by atoms with E-state index in [1.807, 2.05) is 44.3 Å². The van der Waals surface area contributed by atoms with Gasteiger partial charge in [0, 0.05) is 29.8 Å². The first-order valence-electron chi connectivity index (χ1n) is 7.89. The van der Waals surface area contributed by atoms with Gasteiger partial charge in [-0.3, -0.25) is 4.72 Å². The minimum Gasteiger partial charge on any atom is -0.375 e. The van der Waals surface area contributed by atoms with Crippen molar-refractivity contribution in [3.63, 3.8) is 0 Å². The molecule has 23 heavy (non-hydrogen) atoms. The average molecular weight is 353 g/mol. The zero-order valence-corrected chi connectivity index (χ0v) is 15.5. The van der Waals surface area contributed by atoms with Gasteiger partial charge in [0.15, 0.2) is 0 Å². The van der Waals surface area contributed by atoms with Crippen LogP contribution < -0.4 is 9.62 Å². The summed E-state index contributed by atoms with van der Waals surface area (Å²) in [6.45, 7) is 5.18. The first-order chi connectivity index (χ1) is 11.0. The molecule has 0 bridgehead atoms. The number of hydrogen-bond donors (Lipinski definition) is 1. The van der Waals surface area contributed by atoms with Crippen LogP contribution in [0.4, 0.5) is 11.4 Å². The second-order valence-electron chi connectivity index (χ2n) is 5.50. The van der Waals surface area contributed by atoms with Crippen LogP contribution in [0.25, 0.3) is 0 Å². The van der Waals surface area contributed by atoms with Crippen molar-refractivity contribution in [1.29, 1.82) is 0 Å². The SMILES string of the molecule is CCCCN(C)c1ccc(NS(=O)(=O)c2ccc(CC)s2)cc1. The fourth-order valence-corrected chi connectivity index (χ4v) is 4.56. The molecule has 0 amide bonds. The summed E-state index contributed by atoms with van der Waals surface area (Å²) < 4.78 is 27.8. The lowest BCUT2D eigenvalue weighted by molar-refractivity contribution is 0.603. The molecule has 1 aromatic heterocycles. The quantitative estimate of drug-likeness (QED) is 0.768. The van der Waals surface area contributed by atoms with Crippen LogP contribution >= 0.6 is 11.3 Å². The monoisotopic (exact) mass is 352 g/mol. The summed E-state index contributed by atoms with van der Waals surface area (Å²) in [5, 5.41) is 0. The number of rotatable bonds is 8. The number of unbranched alkanes of at least 4 members (excludes halogenated alkanes) is 1. The fraction of sp³-hybridized carbons (Fsp3) is 0.412. The van der Waals surface area contributed by atoms with Gasteiger partial charge in [0.25, 0.3) is 10.0 Å². The van der Waals surface area contributed by atoms with E-state index in [1.165, 1.54) is 11.3 Å². The molecule has 126 valence electrons. The van der Waals surface area contributed by atoms with Crippen molar-refractivity contribution in [2.75, 3.05) is 23.2 Å². The molecule has 0 saturated heterocycles. The second kappa shape index (κ2) is 7.84. The number of anilines is 2. The normalized spacial score (nSPS) is 11.4. The molecule has 0 saturated carbocycles. The molecule has 0 fully saturated rings. The van der Waals surface area contributed by atoms with Gasteiger partial charge in [0.2, 0.25) is 0 Å². The van der Waals surface area contributed by atoms with Gasteiger partial charge >= 0.3 is 0 Å². The Balaban J connectivity index is 2.08. The van der Waals surface area contributed by atoms with E-state index in [4.69, 9.17) is 0 Å². The minimum absolute atomic E-state index is 0.360. The van der Waals surface area contributed by atoms with E-state index in [2.05, 4.69) is 16.5 Å². The van der Waals surface area contributed by atoms with E-state index in [0.717, 1.165) is 36.4 Å². The van der Waals surface area contributed by atoms with Crippen molar-refractivity contribution in [3.8, 4) is 0 Å². The molecule has 0 atom stereocenters. The molecule has 1 heterocycles. The Hall–Kier alpha value is -1.53. The maximum absolute atomic E-state index is 12.4. The maximum atomic E-state index is 12.4. The summed E-state index contributed by atoms with van der Waals surface area (Å²) in [6.07, 6.45) is 3.14. The van der Waals surface area contributed by atoms with Gasteiger partial charge in [-0.25, -0.2) is 8.42 Å². The van der Waals surface area contributed by atoms with E-state index in [0.29, 0.717) is 9.90 Å². The molecular weight excluding hydrogens is 328 g/mol. The Bertz CT molecular complexity index is 721. The topological polar surface area (TPSA) is 49.4 Å². The van der Waals surface area contributed by atoms with Gasteiger partial charge < -0.3 is 4.90 Å². The van der Waals surface area contributed by atoms with E-state index in [9.17, 15) is 8.42 Å². The van der Waals surface area contributed by atoms with Crippen molar-refractivity contribution in [2.45, 2.75) is 37.3 Å². The van der Waals surface area contributed by atoms with Gasteiger partial charge in [-0.05, 0) is 49.2 Å². The summed E-state index contributed by atoms with van der Waals surface area (Å²) in [6, 6.07) is 11.0. The molecule has 0 spiro atoms. The zero-order valence-electron chi connectivity index (χ0n) is 13.9. The lowest BCUT2D eigenvalue weighted by atomic mass is 10.2. The summed E-state index contributed by atoms with van der Waals surface area (Å²) in [5.41, 5.74) is 1.68. The molecule has 1 N–H and O–H groups in total. The Morgan fingerprint density at radius 3 is 2.35 bits per heavy atom. The highest BCUT2D eigenvalue weighted by Crippen LogP contribution is 2.25. The number of nitrogens with zero attached hydrogens (tertiary/aromatic N) is 1. The van der Waals surface area contributed by atoms with Crippen LogP contribution in [0.3, 0.4) is 0 Å². The largest absolute Gasteiger partial charge is 0.375 e.